The quantitative estimate of drug-likeness (QED) is 0.745. The molecule has 2 rings (SSSR count). The van der Waals surface area contributed by atoms with Crippen LogP contribution in [0, 0.1) is 13.8 Å². The molecule has 0 fully saturated rings. The maximum Gasteiger partial charge on any atom is 0.233 e. The van der Waals surface area contributed by atoms with Crippen molar-refractivity contribution in [2.45, 2.75) is 13.8 Å². The molecular weight excluding hydrogens is 176 g/mol. The molecule has 0 saturated carbocycles. The summed E-state index contributed by atoms with van der Waals surface area (Å²) in [5.74, 6) is 0.103. The Bertz CT molecular complexity index is 446. The van der Waals surface area contributed by atoms with Gasteiger partial charge in [-0.1, -0.05) is 18.2 Å². The van der Waals surface area contributed by atoms with Crippen LogP contribution >= 0.6 is 0 Å². The lowest BCUT2D eigenvalue weighted by Gasteiger charge is -2.02. The zero-order valence-electron chi connectivity index (χ0n) is 8.23. The highest BCUT2D eigenvalue weighted by atomic mass is 16.3. The van der Waals surface area contributed by atoms with Gasteiger partial charge < -0.3 is 5.11 Å². The molecule has 72 valence electrons. The van der Waals surface area contributed by atoms with Crippen molar-refractivity contribution in [2.75, 3.05) is 0 Å². The Hall–Kier alpha value is -1.77. The highest BCUT2D eigenvalue weighted by Gasteiger charge is 2.09. The van der Waals surface area contributed by atoms with Gasteiger partial charge >= 0.3 is 0 Å². The summed E-state index contributed by atoms with van der Waals surface area (Å²) in [6.45, 7) is 3.80. The van der Waals surface area contributed by atoms with E-state index in [9.17, 15) is 5.11 Å². The number of para-hydroxylation sites is 1. The molecule has 0 aliphatic carbocycles. The number of aromatic hydroxyl groups is 1. The largest absolute Gasteiger partial charge is 0.492 e. The first kappa shape index (κ1) is 8.81. The van der Waals surface area contributed by atoms with E-state index in [0.29, 0.717) is 0 Å². The van der Waals surface area contributed by atoms with Crippen molar-refractivity contribution in [3.63, 3.8) is 0 Å². The SMILES string of the molecule is Cc1c(O)nn(-c2ccccc2)c1C. The van der Waals surface area contributed by atoms with Crippen molar-refractivity contribution >= 4 is 0 Å². The van der Waals surface area contributed by atoms with Gasteiger partial charge in [0.25, 0.3) is 0 Å². The minimum atomic E-state index is 0.103. The van der Waals surface area contributed by atoms with Gasteiger partial charge in [-0.3, -0.25) is 0 Å². The number of hydrogen-bond donors (Lipinski definition) is 1. The summed E-state index contributed by atoms with van der Waals surface area (Å²) in [4.78, 5) is 0. The van der Waals surface area contributed by atoms with Crippen molar-refractivity contribution in [3.8, 4) is 11.6 Å². The first-order valence-corrected chi connectivity index (χ1v) is 4.51. The maximum atomic E-state index is 9.45. The van der Waals surface area contributed by atoms with E-state index in [1.54, 1.807) is 4.68 Å². The lowest BCUT2D eigenvalue weighted by molar-refractivity contribution is 0.444. The van der Waals surface area contributed by atoms with Gasteiger partial charge in [0.05, 0.1) is 5.69 Å². The van der Waals surface area contributed by atoms with Gasteiger partial charge in [0, 0.05) is 11.3 Å². The molecule has 0 unspecified atom stereocenters. The van der Waals surface area contributed by atoms with Crippen LogP contribution in [0.15, 0.2) is 30.3 Å². The number of rotatable bonds is 1. The van der Waals surface area contributed by atoms with Crippen molar-refractivity contribution in [1.82, 2.24) is 9.78 Å². The molecule has 2 aromatic rings. The van der Waals surface area contributed by atoms with Gasteiger partial charge in [-0.05, 0) is 26.0 Å². The molecule has 1 aromatic heterocycles. The highest BCUT2D eigenvalue weighted by Crippen LogP contribution is 2.20. The highest BCUT2D eigenvalue weighted by molar-refractivity contribution is 5.38. The smallest absolute Gasteiger partial charge is 0.233 e. The van der Waals surface area contributed by atoms with E-state index in [1.807, 2.05) is 44.2 Å². The van der Waals surface area contributed by atoms with Crippen molar-refractivity contribution in [2.24, 2.45) is 0 Å². The van der Waals surface area contributed by atoms with Crippen LogP contribution in [0.2, 0.25) is 0 Å². The Morgan fingerprint density at radius 1 is 1.14 bits per heavy atom. The zero-order chi connectivity index (χ0) is 10.1. The van der Waals surface area contributed by atoms with Crippen LogP contribution in [-0.4, -0.2) is 14.9 Å². The molecule has 1 aromatic carbocycles. The standard InChI is InChI=1S/C11H12N2O/c1-8-9(2)13(12-11(8)14)10-6-4-3-5-7-10/h3-7H,1-2H3,(H,12,14). The van der Waals surface area contributed by atoms with Gasteiger partial charge in [0.1, 0.15) is 0 Å². The zero-order valence-corrected chi connectivity index (χ0v) is 8.23. The molecule has 0 atom stereocenters. The lowest BCUT2D eigenvalue weighted by atomic mass is 10.2. The van der Waals surface area contributed by atoms with Crippen LogP contribution in [0.4, 0.5) is 0 Å². The van der Waals surface area contributed by atoms with Gasteiger partial charge in [-0.25, -0.2) is 4.68 Å². The molecule has 0 amide bonds. The van der Waals surface area contributed by atoms with Crippen molar-refractivity contribution in [1.29, 1.82) is 0 Å². The van der Waals surface area contributed by atoms with E-state index in [2.05, 4.69) is 5.10 Å². The summed E-state index contributed by atoms with van der Waals surface area (Å²) in [6, 6.07) is 9.76. The molecular formula is C11H12N2O. The summed E-state index contributed by atoms with van der Waals surface area (Å²) >= 11 is 0. The predicted molar refractivity (Wildman–Crippen MR) is 54.7 cm³/mol. The van der Waals surface area contributed by atoms with E-state index in [-0.39, 0.29) is 5.88 Å². The normalized spacial score (nSPS) is 10.4. The maximum absolute atomic E-state index is 9.45. The molecule has 0 radical (unpaired) electrons. The van der Waals surface area contributed by atoms with E-state index >= 15 is 0 Å². The first-order chi connectivity index (χ1) is 6.70. The Labute approximate surface area is 82.6 Å². The third-order valence-electron chi connectivity index (χ3n) is 2.39. The molecule has 0 aliphatic heterocycles. The molecule has 0 bridgehead atoms. The van der Waals surface area contributed by atoms with Gasteiger partial charge in [-0.15, -0.1) is 5.10 Å². The Morgan fingerprint density at radius 2 is 1.79 bits per heavy atom. The fourth-order valence-corrected chi connectivity index (χ4v) is 1.39. The Balaban J connectivity index is 2.58. The first-order valence-electron chi connectivity index (χ1n) is 4.51. The summed E-state index contributed by atoms with van der Waals surface area (Å²) in [7, 11) is 0. The van der Waals surface area contributed by atoms with Crippen LogP contribution in [-0.2, 0) is 0 Å². The molecule has 3 nitrogen and oxygen atoms in total. The average Bonchev–Trinajstić information content (AvgIpc) is 2.47. The minimum Gasteiger partial charge on any atom is -0.492 e. The van der Waals surface area contributed by atoms with E-state index in [0.717, 1.165) is 16.9 Å². The van der Waals surface area contributed by atoms with Crippen LogP contribution in [0.25, 0.3) is 5.69 Å². The topological polar surface area (TPSA) is 38.1 Å². The van der Waals surface area contributed by atoms with Crippen LogP contribution in [0.3, 0.4) is 0 Å². The second-order valence-corrected chi connectivity index (χ2v) is 3.28. The summed E-state index contributed by atoms with van der Waals surface area (Å²) in [5, 5.41) is 13.5. The van der Waals surface area contributed by atoms with Crippen LogP contribution in [0.5, 0.6) is 5.88 Å². The third-order valence-corrected chi connectivity index (χ3v) is 2.39. The second kappa shape index (κ2) is 3.18. The molecule has 1 N–H and O–H groups in total. The lowest BCUT2D eigenvalue weighted by Crippen LogP contribution is -1.98. The predicted octanol–water partition coefficient (Wildman–Crippen LogP) is 2.19. The van der Waals surface area contributed by atoms with E-state index < -0.39 is 0 Å². The van der Waals surface area contributed by atoms with Crippen LogP contribution < -0.4 is 0 Å². The van der Waals surface area contributed by atoms with Crippen molar-refractivity contribution in [3.05, 3.63) is 41.6 Å². The summed E-state index contributed by atoms with van der Waals surface area (Å²) in [6.07, 6.45) is 0. The number of hydrogen-bond acceptors (Lipinski definition) is 2. The second-order valence-electron chi connectivity index (χ2n) is 3.28. The summed E-state index contributed by atoms with van der Waals surface area (Å²) < 4.78 is 1.74. The molecule has 0 saturated heterocycles. The molecule has 14 heavy (non-hydrogen) atoms. The molecule has 1 heterocycles. The molecule has 3 heteroatoms. The van der Waals surface area contributed by atoms with Crippen molar-refractivity contribution < 1.29 is 5.11 Å². The van der Waals surface area contributed by atoms with Gasteiger partial charge in [0.2, 0.25) is 5.88 Å². The fraction of sp³-hybridized carbons (Fsp3) is 0.182. The molecule has 0 aliphatic rings. The number of nitrogens with zero attached hydrogens (tertiary/aromatic N) is 2. The van der Waals surface area contributed by atoms with Crippen LogP contribution in [0.1, 0.15) is 11.3 Å². The van der Waals surface area contributed by atoms with E-state index in [4.69, 9.17) is 0 Å². The third kappa shape index (κ3) is 1.27. The number of aromatic nitrogens is 2. The number of benzene rings is 1. The Kier molecular flexibility index (Phi) is 2.00. The average molecular weight is 188 g/mol. The van der Waals surface area contributed by atoms with Gasteiger partial charge in [0.15, 0.2) is 0 Å². The summed E-state index contributed by atoms with van der Waals surface area (Å²) in [5.41, 5.74) is 2.76. The Morgan fingerprint density at radius 3 is 2.29 bits per heavy atom. The monoisotopic (exact) mass is 188 g/mol. The molecule has 0 spiro atoms. The fourth-order valence-electron chi connectivity index (χ4n) is 1.39. The minimum absolute atomic E-state index is 0.103. The van der Waals surface area contributed by atoms with Gasteiger partial charge in [-0.2, -0.15) is 0 Å². The van der Waals surface area contributed by atoms with E-state index in [1.165, 1.54) is 0 Å².